The molecule has 2 aliphatic heterocycles. The molecule has 0 aromatic heterocycles. The summed E-state index contributed by atoms with van der Waals surface area (Å²) in [5, 5.41) is 6.02. The maximum absolute atomic E-state index is 13.3. The lowest BCUT2D eigenvalue weighted by atomic mass is 9.84. The maximum Gasteiger partial charge on any atom is 0.242 e. The number of hydrogen-bond acceptors (Lipinski definition) is 5. The molecule has 0 bridgehead atoms. The van der Waals surface area contributed by atoms with Crippen molar-refractivity contribution in [2.24, 2.45) is 23.0 Å². The molecule has 1 saturated carbocycles. The molecule has 1 atom stereocenters. The highest BCUT2D eigenvalue weighted by atomic mass is 32.2. The first-order valence-electron chi connectivity index (χ1n) is 13.7. The van der Waals surface area contributed by atoms with E-state index in [0.29, 0.717) is 31.7 Å². The minimum atomic E-state index is -1.20. The Morgan fingerprint density at radius 1 is 1.00 bits per heavy atom. The number of thioether (sulfide) groups is 1. The highest BCUT2D eigenvalue weighted by Gasteiger charge is 2.47. The summed E-state index contributed by atoms with van der Waals surface area (Å²) in [6.45, 7) is 4.02. The molecule has 36 heavy (non-hydrogen) atoms. The van der Waals surface area contributed by atoms with Crippen molar-refractivity contribution in [2.75, 3.05) is 37.7 Å². The minimum absolute atomic E-state index is 0.188. The van der Waals surface area contributed by atoms with E-state index in [4.69, 9.17) is 5.73 Å². The first-order valence-corrected chi connectivity index (χ1v) is 14.8. The average Bonchev–Trinajstić information content (AvgIpc) is 3.41. The Hall–Kier alpha value is -2.06. The van der Waals surface area contributed by atoms with Crippen LogP contribution in [0.1, 0.15) is 56.9 Å². The number of carbonyl (C=O) groups excluding carboxylic acids is 3. The standard InChI is InChI=1S/C28H42N4O3S/c29-26(34)28(12-4-5-13-28)27(35)31-24(18-21-6-2-1-3-7-21)25(33)30-19-22-8-14-32(15-9-22)20-23-10-16-36-17-11-23/h1-3,6-7,22-24H,4-5,8-20H2,(H2,29,34)(H,30,33)(H,31,35)/t24-/m1/s1. The van der Waals surface area contributed by atoms with Crippen LogP contribution in [0.3, 0.4) is 0 Å². The van der Waals surface area contributed by atoms with E-state index in [0.717, 1.165) is 50.3 Å². The van der Waals surface area contributed by atoms with E-state index in [9.17, 15) is 14.4 Å². The number of amides is 3. The van der Waals surface area contributed by atoms with Gasteiger partial charge in [-0.15, -0.1) is 0 Å². The van der Waals surface area contributed by atoms with Gasteiger partial charge in [0.25, 0.3) is 0 Å². The Bertz CT molecular complexity index is 876. The Labute approximate surface area is 219 Å². The molecular weight excluding hydrogens is 472 g/mol. The molecule has 1 aliphatic carbocycles. The predicted octanol–water partition coefficient (Wildman–Crippen LogP) is 2.73. The Morgan fingerprint density at radius 2 is 1.67 bits per heavy atom. The minimum Gasteiger partial charge on any atom is -0.369 e. The molecular formula is C28H42N4O3S. The number of carbonyl (C=O) groups is 3. The fraction of sp³-hybridized carbons (Fsp3) is 0.679. The van der Waals surface area contributed by atoms with Crippen molar-refractivity contribution in [3.63, 3.8) is 0 Å². The molecule has 3 aliphatic rings. The van der Waals surface area contributed by atoms with E-state index in [1.165, 1.54) is 30.9 Å². The van der Waals surface area contributed by atoms with Crippen molar-refractivity contribution in [1.29, 1.82) is 0 Å². The molecule has 4 rings (SSSR count). The summed E-state index contributed by atoms with van der Waals surface area (Å²) in [4.78, 5) is 41.3. The number of primary amides is 1. The van der Waals surface area contributed by atoms with Crippen LogP contribution in [0.4, 0.5) is 0 Å². The van der Waals surface area contributed by atoms with Crippen molar-refractivity contribution in [3.05, 3.63) is 35.9 Å². The smallest absolute Gasteiger partial charge is 0.242 e. The molecule has 3 amide bonds. The first kappa shape index (κ1) is 27.0. The molecule has 4 N–H and O–H groups in total. The molecule has 0 unspecified atom stereocenters. The highest BCUT2D eigenvalue weighted by molar-refractivity contribution is 7.99. The van der Waals surface area contributed by atoms with Crippen LogP contribution >= 0.6 is 11.8 Å². The third-order valence-electron chi connectivity index (χ3n) is 8.40. The SMILES string of the molecule is NC(=O)C1(C(=O)N[C@H](Cc2ccccc2)C(=O)NCC2CCN(CC3CCSCC3)CC2)CCCC1. The van der Waals surface area contributed by atoms with Gasteiger partial charge < -0.3 is 21.3 Å². The van der Waals surface area contributed by atoms with E-state index < -0.39 is 23.3 Å². The third kappa shape index (κ3) is 7.03. The van der Waals surface area contributed by atoms with Gasteiger partial charge in [-0.25, -0.2) is 0 Å². The van der Waals surface area contributed by atoms with Crippen LogP contribution in [0.5, 0.6) is 0 Å². The van der Waals surface area contributed by atoms with Crippen molar-refractivity contribution < 1.29 is 14.4 Å². The molecule has 2 heterocycles. The molecule has 198 valence electrons. The Kier molecular flexibility index (Phi) is 9.71. The fourth-order valence-electron chi connectivity index (χ4n) is 5.95. The molecule has 8 heteroatoms. The first-order chi connectivity index (χ1) is 17.5. The van der Waals surface area contributed by atoms with Gasteiger partial charge >= 0.3 is 0 Å². The van der Waals surface area contributed by atoms with E-state index >= 15 is 0 Å². The van der Waals surface area contributed by atoms with Gasteiger partial charge in [-0.2, -0.15) is 11.8 Å². The number of nitrogens with one attached hydrogen (secondary N) is 2. The van der Waals surface area contributed by atoms with Crippen LogP contribution in [0.15, 0.2) is 30.3 Å². The average molecular weight is 515 g/mol. The number of rotatable bonds is 10. The Morgan fingerprint density at radius 3 is 2.31 bits per heavy atom. The zero-order valence-corrected chi connectivity index (χ0v) is 22.2. The molecule has 3 fully saturated rings. The number of benzene rings is 1. The van der Waals surface area contributed by atoms with Crippen LogP contribution in [0, 0.1) is 17.3 Å². The molecule has 7 nitrogen and oxygen atoms in total. The zero-order valence-electron chi connectivity index (χ0n) is 21.4. The summed E-state index contributed by atoms with van der Waals surface area (Å²) in [7, 11) is 0. The predicted molar refractivity (Wildman–Crippen MR) is 144 cm³/mol. The zero-order chi connectivity index (χ0) is 25.4. The van der Waals surface area contributed by atoms with Crippen molar-refractivity contribution in [2.45, 2.75) is 63.8 Å². The van der Waals surface area contributed by atoms with Crippen LogP contribution < -0.4 is 16.4 Å². The van der Waals surface area contributed by atoms with Gasteiger partial charge in [0.05, 0.1) is 0 Å². The number of hydrogen-bond donors (Lipinski definition) is 3. The van der Waals surface area contributed by atoms with Gasteiger partial charge in [-0.3, -0.25) is 14.4 Å². The van der Waals surface area contributed by atoms with Crippen molar-refractivity contribution >= 4 is 29.5 Å². The maximum atomic E-state index is 13.3. The van der Waals surface area contributed by atoms with Crippen molar-refractivity contribution in [1.82, 2.24) is 15.5 Å². The monoisotopic (exact) mass is 514 g/mol. The second-order valence-corrected chi connectivity index (χ2v) is 12.1. The topological polar surface area (TPSA) is 105 Å². The van der Waals surface area contributed by atoms with Gasteiger partial charge in [-0.05, 0) is 80.5 Å². The quantitative estimate of drug-likeness (QED) is 0.417. The number of nitrogens with zero attached hydrogens (tertiary/aromatic N) is 1. The summed E-state index contributed by atoms with van der Waals surface area (Å²) in [6.07, 6.45) is 7.72. The van der Waals surface area contributed by atoms with Crippen LogP contribution in [-0.4, -0.2) is 66.3 Å². The number of piperidine rings is 1. The third-order valence-corrected chi connectivity index (χ3v) is 9.45. The van der Waals surface area contributed by atoms with Crippen LogP contribution in [0.2, 0.25) is 0 Å². The largest absolute Gasteiger partial charge is 0.369 e. The normalized spacial score (nSPS) is 22.1. The van der Waals surface area contributed by atoms with Gasteiger partial charge in [-0.1, -0.05) is 43.2 Å². The fourth-order valence-corrected chi connectivity index (χ4v) is 7.16. The molecule has 1 aromatic rings. The summed E-state index contributed by atoms with van der Waals surface area (Å²) in [5.74, 6) is 2.71. The van der Waals surface area contributed by atoms with Crippen LogP contribution in [-0.2, 0) is 20.8 Å². The highest BCUT2D eigenvalue weighted by Crippen LogP contribution is 2.38. The summed E-state index contributed by atoms with van der Waals surface area (Å²) < 4.78 is 0. The van der Waals surface area contributed by atoms with Crippen LogP contribution in [0.25, 0.3) is 0 Å². The van der Waals surface area contributed by atoms with Gasteiger partial charge in [0.2, 0.25) is 17.7 Å². The lowest BCUT2D eigenvalue weighted by Gasteiger charge is -2.35. The lowest BCUT2D eigenvalue weighted by molar-refractivity contribution is -0.143. The molecule has 2 saturated heterocycles. The van der Waals surface area contributed by atoms with Gasteiger partial charge in [0.15, 0.2) is 0 Å². The summed E-state index contributed by atoms with van der Waals surface area (Å²) in [6, 6.07) is 8.94. The van der Waals surface area contributed by atoms with E-state index in [-0.39, 0.29) is 5.91 Å². The van der Waals surface area contributed by atoms with Gasteiger partial charge in [0, 0.05) is 19.5 Å². The molecule has 0 spiro atoms. The number of likely N-dealkylation sites (tertiary alicyclic amines) is 1. The molecule has 1 aromatic carbocycles. The molecule has 0 radical (unpaired) electrons. The second kappa shape index (κ2) is 13.0. The summed E-state index contributed by atoms with van der Waals surface area (Å²) in [5.41, 5.74) is 5.43. The van der Waals surface area contributed by atoms with Gasteiger partial charge in [0.1, 0.15) is 11.5 Å². The van der Waals surface area contributed by atoms with E-state index in [1.54, 1.807) is 0 Å². The van der Waals surface area contributed by atoms with Crippen molar-refractivity contribution in [3.8, 4) is 0 Å². The lowest BCUT2D eigenvalue weighted by Crippen LogP contribution is -2.55. The van der Waals surface area contributed by atoms with E-state index in [1.807, 2.05) is 30.3 Å². The van der Waals surface area contributed by atoms with E-state index in [2.05, 4.69) is 27.3 Å². The summed E-state index contributed by atoms with van der Waals surface area (Å²) >= 11 is 2.08. The number of nitrogens with two attached hydrogens (primary N) is 1. The second-order valence-electron chi connectivity index (χ2n) is 10.9. The Balaban J connectivity index is 1.30.